The summed E-state index contributed by atoms with van der Waals surface area (Å²) in [6.07, 6.45) is -3.47. The summed E-state index contributed by atoms with van der Waals surface area (Å²) in [5.41, 5.74) is -0.440. The van der Waals surface area contributed by atoms with Crippen molar-refractivity contribution in [3.8, 4) is 5.69 Å². The molecule has 1 aromatic heterocycles. The Kier molecular flexibility index (Phi) is 6.42. The van der Waals surface area contributed by atoms with E-state index < -0.39 is 11.7 Å². The van der Waals surface area contributed by atoms with Crippen LogP contribution in [0.5, 0.6) is 0 Å². The van der Waals surface area contributed by atoms with E-state index in [1.165, 1.54) is 22.9 Å². The van der Waals surface area contributed by atoms with Gasteiger partial charge in [-0.05, 0) is 55.3 Å². The number of anilines is 2. The first kappa shape index (κ1) is 22.8. The van der Waals surface area contributed by atoms with Crippen molar-refractivity contribution in [2.45, 2.75) is 19.0 Å². The number of nitrogens with zero attached hydrogens (tertiary/aromatic N) is 3. The van der Waals surface area contributed by atoms with Gasteiger partial charge in [0.1, 0.15) is 5.82 Å². The lowest BCUT2D eigenvalue weighted by molar-refractivity contribution is -0.137. The van der Waals surface area contributed by atoms with Crippen LogP contribution in [0, 0.1) is 5.92 Å². The number of halogens is 4. The quantitative estimate of drug-likeness (QED) is 0.589. The second kappa shape index (κ2) is 9.27. The third kappa shape index (κ3) is 5.36. The topological polar surface area (TPSA) is 67.2 Å². The fraction of sp³-hybridized carbons (Fsp3) is 0.261. The van der Waals surface area contributed by atoms with Crippen molar-refractivity contribution in [1.82, 2.24) is 9.78 Å². The van der Waals surface area contributed by atoms with Crippen LogP contribution >= 0.6 is 11.6 Å². The summed E-state index contributed by atoms with van der Waals surface area (Å²) < 4.78 is 40.0. The van der Waals surface area contributed by atoms with Crippen molar-refractivity contribution < 1.29 is 18.0 Å². The second-order valence-electron chi connectivity index (χ2n) is 7.75. The minimum atomic E-state index is -4.47. The van der Waals surface area contributed by atoms with E-state index in [2.05, 4.69) is 10.4 Å². The molecule has 0 bridgehead atoms. The Morgan fingerprint density at radius 1 is 1.03 bits per heavy atom. The zero-order chi connectivity index (χ0) is 23.6. The summed E-state index contributed by atoms with van der Waals surface area (Å²) in [6.45, 7) is 1.03. The fourth-order valence-corrected chi connectivity index (χ4v) is 3.94. The first-order valence-corrected chi connectivity index (χ1v) is 10.7. The maximum atomic E-state index is 12.9. The molecule has 33 heavy (non-hydrogen) atoms. The molecular formula is C23H20ClF3N4O2. The lowest BCUT2D eigenvalue weighted by Crippen LogP contribution is -2.39. The Morgan fingerprint density at radius 2 is 1.76 bits per heavy atom. The Hall–Kier alpha value is -3.33. The average molecular weight is 477 g/mol. The second-order valence-corrected chi connectivity index (χ2v) is 8.19. The highest BCUT2D eigenvalue weighted by Crippen LogP contribution is 2.31. The molecule has 0 unspecified atom stereocenters. The van der Waals surface area contributed by atoms with Gasteiger partial charge in [-0.25, -0.2) is 0 Å². The van der Waals surface area contributed by atoms with Crippen LogP contribution in [0.4, 0.5) is 24.7 Å². The summed E-state index contributed by atoms with van der Waals surface area (Å²) in [7, 11) is 0. The summed E-state index contributed by atoms with van der Waals surface area (Å²) in [4.78, 5) is 26.9. The zero-order valence-corrected chi connectivity index (χ0v) is 18.1. The predicted octanol–water partition coefficient (Wildman–Crippen LogP) is 4.76. The molecule has 1 aliphatic rings. The summed E-state index contributed by atoms with van der Waals surface area (Å²) >= 11 is 6.02. The van der Waals surface area contributed by atoms with Gasteiger partial charge in [0.15, 0.2) is 0 Å². The summed E-state index contributed by atoms with van der Waals surface area (Å²) in [6, 6.07) is 14.5. The number of aromatic nitrogens is 2. The van der Waals surface area contributed by atoms with Gasteiger partial charge in [0.2, 0.25) is 5.91 Å². The van der Waals surface area contributed by atoms with Crippen molar-refractivity contribution in [3.05, 3.63) is 81.6 Å². The van der Waals surface area contributed by atoms with E-state index in [0.717, 1.165) is 12.1 Å². The molecule has 0 saturated carbocycles. The maximum absolute atomic E-state index is 12.9. The Bertz CT molecular complexity index is 1220. The van der Waals surface area contributed by atoms with Gasteiger partial charge in [0.25, 0.3) is 5.56 Å². The van der Waals surface area contributed by atoms with Crippen molar-refractivity contribution in [2.24, 2.45) is 5.92 Å². The van der Waals surface area contributed by atoms with Crippen LogP contribution in [-0.2, 0) is 11.0 Å². The fourth-order valence-electron chi connectivity index (χ4n) is 3.75. The van der Waals surface area contributed by atoms with Crippen LogP contribution in [0.1, 0.15) is 18.4 Å². The molecule has 0 radical (unpaired) electrons. The predicted molar refractivity (Wildman–Crippen MR) is 120 cm³/mol. The third-order valence-corrected chi connectivity index (χ3v) is 5.72. The van der Waals surface area contributed by atoms with Gasteiger partial charge in [-0.15, -0.1) is 5.10 Å². The number of carbonyl (C=O) groups is 1. The molecule has 172 valence electrons. The molecule has 1 amide bonds. The molecule has 1 aliphatic heterocycles. The molecule has 2 heterocycles. The highest BCUT2D eigenvalue weighted by atomic mass is 35.5. The van der Waals surface area contributed by atoms with Crippen molar-refractivity contribution in [2.75, 3.05) is 23.3 Å². The van der Waals surface area contributed by atoms with Crippen molar-refractivity contribution in [1.29, 1.82) is 0 Å². The average Bonchev–Trinajstić information content (AvgIpc) is 2.79. The monoisotopic (exact) mass is 476 g/mol. The van der Waals surface area contributed by atoms with E-state index in [-0.39, 0.29) is 23.1 Å². The minimum Gasteiger partial charge on any atom is -0.355 e. The van der Waals surface area contributed by atoms with Crippen LogP contribution < -0.4 is 15.8 Å². The van der Waals surface area contributed by atoms with Crippen molar-refractivity contribution >= 4 is 29.0 Å². The number of carbonyl (C=O) groups excluding carboxylic acids is 1. The molecule has 0 atom stereocenters. The summed E-state index contributed by atoms with van der Waals surface area (Å²) in [5, 5.41) is 7.52. The van der Waals surface area contributed by atoms with E-state index in [9.17, 15) is 22.8 Å². The highest BCUT2D eigenvalue weighted by Gasteiger charge is 2.31. The van der Waals surface area contributed by atoms with Gasteiger partial charge >= 0.3 is 6.18 Å². The van der Waals surface area contributed by atoms with Crippen LogP contribution in [-0.4, -0.2) is 28.8 Å². The lowest BCUT2D eigenvalue weighted by atomic mass is 9.95. The first-order chi connectivity index (χ1) is 15.7. The molecule has 1 N–H and O–H groups in total. The molecule has 10 heteroatoms. The number of alkyl halides is 3. The standard InChI is InChI=1S/C23H20ClF3N4O2/c24-17-4-2-6-19(14-17)31-21(32)8-7-20(29-31)30-11-9-15(10-12-30)22(33)28-18-5-1-3-16(13-18)23(25,26)27/h1-8,13-15H,9-12H2,(H,28,33). The number of nitrogens with one attached hydrogen (secondary N) is 1. The maximum Gasteiger partial charge on any atom is 0.416 e. The van der Waals surface area contributed by atoms with Crippen LogP contribution in [0.3, 0.4) is 0 Å². The number of rotatable bonds is 4. The molecule has 1 fully saturated rings. The minimum absolute atomic E-state index is 0.118. The Morgan fingerprint density at radius 3 is 2.45 bits per heavy atom. The lowest BCUT2D eigenvalue weighted by Gasteiger charge is -2.32. The Balaban J connectivity index is 1.42. The molecule has 0 spiro atoms. The van der Waals surface area contributed by atoms with E-state index >= 15 is 0 Å². The van der Waals surface area contributed by atoms with Gasteiger partial charge in [0.05, 0.1) is 11.3 Å². The molecule has 1 saturated heterocycles. The van der Waals surface area contributed by atoms with Gasteiger partial charge < -0.3 is 10.2 Å². The largest absolute Gasteiger partial charge is 0.416 e. The van der Waals surface area contributed by atoms with Gasteiger partial charge in [-0.3, -0.25) is 9.59 Å². The zero-order valence-electron chi connectivity index (χ0n) is 17.3. The van der Waals surface area contributed by atoms with E-state index in [4.69, 9.17) is 11.6 Å². The van der Waals surface area contributed by atoms with Crippen LogP contribution in [0.2, 0.25) is 5.02 Å². The highest BCUT2D eigenvalue weighted by molar-refractivity contribution is 6.30. The van der Waals surface area contributed by atoms with Crippen molar-refractivity contribution in [3.63, 3.8) is 0 Å². The number of amides is 1. The number of benzene rings is 2. The van der Waals surface area contributed by atoms with Gasteiger partial charge in [-0.2, -0.15) is 17.9 Å². The smallest absolute Gasteiger partial charge is 0.355 e. The number of hydrogen-bond acceptors (Lipinski definition) is 4. The number of piperidine rings is 1. The van der Waals surface area contributed by atoms with Gasteiger partial charge in [-0.1, -0.05) is 23.7 Å². The van der Waals surface area contributed by atoms with Gasteiger partial charge in [0, 0.05) is 35.8 Å². The van der Waals surface area contributed by atoms with Crippen LogP contribution in [0.25, 0.3) is 5.69 Å². The molecule has 3 aromatic rings. The Labute approximate surface area is 192 Å². The van der Waals surface area contributed by atoms with E-state index in [1.54, 1.807) is 30.3 Å². The van der Waals surface area contributed by atoms with E-state index in [1.807, 2.05) is 4.90 Å². The normalized spacial score (nSPS) is 14.8. The molecule has 6 nitrogen and oxygen atoms in total. The molecular weight excluding hydrogens is 457 g/mol. The summed E-state index contributed by atoms with van der Waals surface area (Å²) in [5.74, 6) is -0.0632. The number of hydrogen-bond donors (Lipinski definition) is 1. The molecule has 0 aliphatic carbocycles. The van der Waals surface area contributed by atoms with Crippen LogP contribution in [0.15, 0.2) is 65.5 Å². The van der Waals surface area contributed by atoms with E-state index in [0.29, 0.717) is 42.5 Å². The SMILES string of the molecule is O=C(Nc1cccc(C(F)(F)F)c1)C1CCN(c2ccc(=O)n(-c3cccc(Cl)c3)n2)CC1. The molecule has 4 rings (SSSR count). The first-order valence-electron chi connectivity index (χ1n) is 10.3. The molecule has 2 aromatic carbocycles. The third-order valence-electron chi connectivity index (χ3n) is 5.49.